The molecule has 3 rings (SSSR count). The number of hydrogen-bond acceptors (Lipinski definition) is 4. The molecule has 0 atom stereocenters. The van der Waals surface area contributed by atoms with E-state index in [9.17, 15) is 0 Å². The standard InChI is InChI=1S/C10H16N4/c11-13-14-5-9(12-6-14)10(7-1-2-7)8-3-4-8/h6-8,13H,1-5,11H2. The van der Waals surface area contributed by atoms with Gasteiger partial charge in [-0.15, -0.1) is 0 Å². The van der Waals surface area contributed by atoms with Gasteiger partial charge in [-0.05, 0) is 43.1 Å². The molecule has 2 saturated carbocycles. The summed E-state index contributed by atoms with van der Waals surface area (Å²) in [7, 11) is 0. The van der Waals surface area contributed by atoms with Crippen molar-refractivity contribution in [2.45, 2.75) is 25.7 Å². The highest BCUT2D eigenvalue weighted by atomic mass is 15.6. The van der Waals surface area contributed by atoms with Gasteiger partial charge in [0.15, 0.2) is 0 Å². The fourth-order valence-corrected chi connectivity index (χ4v) is 2.22. The normalized spacial score (nSPS) is 26.1. The molecule has 1 heterocycles. The summed E-state index contributed by atoms with van der Waals surface area (Å²) in [4.78, 5) is 4.45. The van der Waals surface area contributed by atoms with Crippen LogP contribution in [-0.2, 0) is 0 Å². The summed E-state index contributed by atoms with van der Waals surface area (Å²) in [6, 6.07) is 0. The van der Waals surface area contributed by atoms with Gasteiger partial charge in [-0.25, -0.2) is 4.99 Å². The van der Waals surface area contributed by atoms with Crippen LogP contribution in [0.2, 0.25) is 0 Å². The van der Waals surface area contributed by atoms with Gasteiger partial charge in [0.05, 0.1) is 12.2 Å². The SMILES string of the molecule is NNN1C=NC(=C(C2CC2)C2CC2)C1. The minimum atomic E-state index is 0.846. The molecule has 4 heteroatoms. The number of rotatable bonds is 3. The van der Waals surface area contributed by atoms with Gasteiger partial charge >= 0.3 is 0 Å². The van der Waals surface area contributed by atoms with Crippen LogP contribution in [0.3, 0.4) is 0 Å². The number of aliphatic imine (C=N–C) groups is 1. The Morgan fingerprint density at radius 2 is 2.00 bits per heavy atom. The lowest BCUT2D eigenvalue weighted by Gasteiger charge is -2.12. The Balaban J connectivity index is 1.82. The maximum Gasteiger partial charge on any atom is 0.107 e. The quantitative estimate of drug-likeness (QED) is 0.513. The monoisotopic (exact) mass is 192 g/mol. The molecule has 2 fully saturated rings. The number of allylic oxidation sites excluding steroid dienone is 1. The van der Waals surface area contributed by atoms with Crippen molar-refractivity contribution in [1.29, 1.82) is 0 Å². The second kappa shape index (κ2) is 3.07. The molecule has 3 N–H and O–H groups in total. The molecule has 0 unspecified atom stereocenters. The van der Waals surface area contributed by atoms with E-state index in [0.29, 0.717) is 0 Å². The summed E-state index contributed by atoms with van der Waals surface area (Å²) in [6.45, 7) is 0.846. The molecule has 4 nitrogen and oxygen atoms in total. The Bertz CT molecular complexity index is 285. The van der Waals surface area contributed by atoms with E-state index < -0.39 is 0 Å². The van der Waals surface area contributed by atoms with E-state index in [4.69, 9.17) is 5.84 Å². The summed E-state index contributed by atoms with van der Waals surface area (Å²) in [5.41, 5.74) is 5.53. The van der Waals surface area contributed by atoms with Crippen LogP contribution >= 0.6 is 0 Å². The smallest absolute Gasteiger partial charge is 0.107 e. The molecule has 2 aliphatic carbocycles. The lowest BCUT2D eigenvalue weighted by Crippen LogP contribution is -2.40. The molecule has 0 saturated heterocycles. The van der Waals surface area contributed by atoms with Gasteiger partial charge in [0.25, 0.3) is 0 Å². The molecule has 76 valence electrons. The van der Waals surface area contributed by atoms with Gasteiger partial charge < -0.3 is 0 Å². The first-order valence-corrected chi connectivity index (χ1v) is 5.38. The highest BCUT2D eigenvalue weighted by Crippen LogP contribution is 2.50. The molecule has 0 bridgehead atoms. The average Bonchev–Trinajstić information content (AvgIpc) is 3.08. The minimum Gasteiger partial charge on any atom is -0.279 e. The summed E-state index contributed by atoms with van der Waals surface area (Å²) in [6.07, 6.45) is 7.30. The fourth-order valence-electron chi connectivity index (χ4n) is 2.22. The Morgan fingerprint density at radius 1 is 1.36 bits per heavy atom. The van der Waals surface area contributed by atoms with Crippen LogP contribution in [0.1, 0.15) is 25.7 Å². The van der Waals surface area contributed by atoms with Crippen LogP contribution in [0.5, 0.6) is 0 Å². The van der Waals surface area contributed by atoms with Crippen LogP contribution in [0.4, 0.5) is 0 Å². The number of nitrogens with zero attached hydrogens (tertiary/aromatic N) is 2. The summed E-state index contributed by atoms with van der Waals surface area (Å²) >= 11 is 0. The van der Waals surface area contributed by atoms with Gasteiger partial charge in [-0.2, -0.15) is 5.53 Å². The van der Waals surface area contributed by atoms with Gasteiger partial charge in [0.1, 0.15) is 6.34 Å². The van der Waals surface area contributed by atoms with E-state index in [1.54, 1.807) is 11.9 Å². The Kier molecular flexibility index (Phi) is 1.85. The molecule has 0 aromatic carbocycles. The maximum atomic E-state index is 5.34. The zero-order valence-corrected chi connectivity index (χ0v) is 8.24. The van der Waals surface area contributed by atoms with Crippen molar-refractivity contribution < 1.29 is 0 Å². The van der Waals surface area contributed by atoms with Crippen molar-refractivity contribution in [2.75, 3.05) is 6.54 Å². The van der Waals surface area contributed by atoms with Crippen LogP contribution in [0.25, 0.3) is 0 Å². The third kappa shape index (κ3) is 1.44. The average molecular weight is 192 g/mol. The first kappa shape index (κ1) is 8.44. The van der Waals surface area contributed by atoms with Crippen LogP contribution in [0, 0.1) is 11.8 Å². The first-order valence-electron chi connectivity index (χ1n) is 5.38. The number of nitrogens with one attached hydrogen (secondary N) is 1. The summed E-state index contributed by atoms with van der Waals surface area (Å²) in [5.74, 6) is 7.05. The van der Waals surface area contributed by atoms with Gasteiger partial charge in [0.2, 0.25) is 0 Å². The fraction of sp³-hybridized carbons (Fsp3) is 0.700. The molecule has 0 amide bonds. The predicted octanol–water partition coefficient (Wildman–Crippen LogP) is 0.783. The van der Waals surface area contributed by atoms with Crippen LogP contribution in [0.15, 0.2) is 16.3 Å². The van der Waals surface area contributed by atoms with Gasteiger partial charge in [-0.3, -0.25) is 10.9 Å². The molecule has 0 aromatic heterocycles. The third-order valence-electron chi connectivity index (χ3n) is 3.21. The molecule has 0 spiro atoms. The lowest BCUT2D eigenvalue weighted by atomic mass is 10.0. The van der Waals surface area contributed by atoms with Crippen molar-refractivity contribution in [1.82, 2.24) is 10.5 Å². The molecular formula is C10H16N4. The largest absolute Gasteiger partial charge is 0.279 e. The van der Waals surface area contributed by atoms with Crippen LogP contribution < -0.4 is 11.4 Å². The van der Waals surface area contributed by atoms with Crippen molar-refractivity contribution in [3.8, 4) is 0 Å². The number of nitrogens with two attached hydrogens (primary N) is 1. The summed E-state index contributed by atoms with van der Waals surface area (Å²) in [5, 5.41) is 1.83. The second-order valence-electron chi connectivity index (χ2n) is 4.45. The minimum absolute atomic E-state index is 0.846. The highest BCUT2D eigenvalue weighted by Gasteiger charge is 2.39. The van der Waals surface area contributed by atoms with Crippen molar-refractivity contribution in [2.24, 2.45) is 22.7 Å². The number of hydrazine groups is 2. The summed E-state index contributed by atoms with van der Waals surface area (Å²) < 4.78 is 0. The lowest BCUT2D eigenvalue weighted by molar-refractivity contribution is 0.360. The maximum absolute atomic E-state index is 5.34. The molecule has 0 aromatic rings. The zero-order chi connectivity index (χ0) is 9.54. The van der Waals surface area contributed by atoms with E-state index in [1.807, 2.05) is 5.01 Å². The van der Waals surface area contributed by atoms with E-state index in [-0.39, 0.29) is 0 Å². The molecule has 1 aliphatic heterocycles. The molecular weight excluding hydrogens is 176 g/mol. The molecule has 14 heavy (non-hydrogen) atoms. The van der Waals surface area contributed by atoms with E-state index >= 15 is 0 Å². The Labute approximate surface area is 83.8 Å². The van der Waals surface area contributed by atoms with Crippen LogP contribution in [-0.4, -0.2) is 17.9 Å². The molecule has 3 aliphatic rings. The first-order chi connectivity index (χ1) is 6.88. The predicted molar refractivity (Wildman–Crippen MR) is 55.0 cm³/mol. The van der Waals surface area contributed by atoms with E-state index in [1.165, 1.54) is 31.4 Å². The zero-order valence-electron chi connectivity index (χ0n) is 8.24. The Morgan fingerprint density at radius 3 is 2.43 bits per heavy atom. The van der Waals surface area contributed by atoms with Crippen molar-refractivity contribution in [3.63, 3.8) is 0 Å². The van der Waals surface area contributed by atoms with Crippen molar-refractivity contribution >= 4 is 6.34 Å². The Hall–Kier alpha value is -0.870. The third-order valence-corrected chi connectivity index (χ3v) is 3.21. The topological polar surface area (TPSA) is 53.6 Å². The van der Waals surface area contributed by atoms with E-state index in [2.05, 4.69) is 10.5 Å². The number of hydrogen-bond donors (Lipinski definition) is 2. The van der Waals surface area contributed by atoms with Crippen molar-refractivity contribution in [3.05, 3.63) is 11.3 Å². The molecule has 0 radical (unpaired) electrons. The van der Waals surface area contributed by atoms with E-state index in [0.717, 1.165) is 18.4 Å². The van der Waals surface area contributed by atoms with Gasteiger partial charge in [0, 0.05) is 0 Å². The highest BCUT2D eigenvalue weighted by molar-refractivity contribution is 5.61. The second-order valence-corrected chi connectivity index (χ2v) is 4.45. The van der Waals surface area contributed by atoms with Gasteiger partial charge in [-0.1, -0.05) is 0 Å².